The third kappa shape index (κ3) is 2.94. The zero-order chi connectivity index (χ0) is 6.57. The molecule has 0 fully saturated rings. The van der Waals surface area contributed by atoms with Crippen molar-refractivity contribution in [3.8, 4) is 0 Å². The van der Waals surface area contributed by atoms with Crippen LogP contribution in [0.4, 0.5) is 0 Å². The van der Waals surface area contributed by atoms with Crippen LogP contribution in [-0.4, -0.2) is 29.9 Å². The van der Waals surface area contributed by atoms with Crippen molar-refractivity contribution in [1.29, 1.82) is 0 Å². The second kappa shape index (κ2) is 3.81. The molecule has 0 aromatic heterocycles. The van der Waals surface area contributed by atoms with Gasteiger partial charge in [0.05, 0.1) is 0 Å². The summed E-state index contributed by atoms with van der Waals surface area (Å²) < 4.78 is 0. The minimum absolute atomic E-state index is 0.593. The van der Waals surface area contributed by atoms with E-state index in [1.165, 1.54) is 0 Å². The standard InChI is InChI=1S/C4H10NO2P/c1-8-2-3(5)4(6)7/h3,8H,2,5H2,1H3,(H,6,7). The molecular formula is C4H10NO2P. The molecule has 4 heteroatoms. The van der Waals surface area contributed by atoms with Crippen LogP contribution in [0.25, 0.3) is 0 Å². The summed E-state index contributed by atoms with van der Waals surface area (Å²) in [5.74, 6) is -0.903. The number of aliphatic carboxylic acids is 1. The Kier molecular flexibility index (Phi) is 3.75. The van der Waals surface area contributed by atoms with Crippen molar-refractivity contribution in [1.82, 2.24) is 0 Å². The van der Waals surface area contributed by atoms with Crippen LogP contribution in [0.3, 0.4) is 0 Å². The molecule has 0 saturated heterocycles. The first kappa shape index (κ1) is 7.86. The van der Waals surface area contributed by atoms with E-state index in [4.69, 9.17) is 10.8 Å². The number of rotatable bonds is 3. The van der Waals surface area contributed by atoms with E-state index in [1.54, 1.807) is 0 Å². The molecule has 0 rings (SSSR count). The molecule has 0 radical (unpaired) electrons. The largest absolute Gasteiger partial charge is 0.480 e. The molecule has 0 aromatic rings. The summed E-state index contributed by atoms with van der Waals surface area (Å²) >= 11 is 0. The van der Waals surface area contributed by atoms with Crippen molar-refractivity contribution in [3.05, 3.63) is 0 Å². The summed E-state index contributed by atoms with van der Waals surface area (Å²) in [6.45, 7) is 1.93. The van der Waals surface area contributed by atoms with Gasteiger partial charge in [-0.2, -0.15) is 0 Å². The molecule has 8 heavy (non-hydrogen) atoms. The molecule has 3 nitrogen and oxygen atoms in total. The Bertz CT molecular complexity index is 86.1. The number of hydrogen-bond donors (Lipinski definition) is 2. The van der Waals surface area contributed by atoms with Crippen LogP contribution < -0.4 is 5.73 Å². The van der Waals surface area contributed by atoms with Crippen LogP contribution in [-0.2, 0) is 4.79 Å². The van der Waals surface area contributed by atoms with Crippen LogP contribution in [0.2, 0.25) is 0 Å². The Balaban J connectivity index is 3.32. The highest BCUT2D eigenvalue weighted by Gasteiger charge is 2.07. The smallest absolute Gasteiger partial charge is 0.320 e. The van der Waals surface area contributed by atoms with Gasteiger partial charge in [-0.1, -0.05) is 0 Å². The summed E-state index contributed by atoms with van der Waals surface area (Å²) in [5.41, 5.74) is 5.13. The van der Waals surface area contributed by atoms with Gasteiger partial charge in [-0.25, -0.2) is 0 Å². The SMILES string of the molecule is CPCC(N)C(=O)O. The first-order valence-electron chi connectivity index (χ1n) is 2.31. The monoisotopic (exact) mass is 135 g/mol. The van der Waals surface area contributed by atoms with Crippen LogP contribution in [0.15, 0.2) is 0 Å². The highest BCUT2D eigenvalue weighted by molar-refractivity contribution is 7.37. The fourth-order valence-electron chi connectivity index (χ4n) is 0.307. The highest BCUT2D eigenvalue weighted by atomic mass is 31.1. The van der Waals surface area contributed by atoms with E-state index in [2.05, 4.69) is 0 Å². The lowest BCUT2D eigenvalue weighted by Gasteiger charge is -2.00. The van der Waals surface area contributed by atoms with Crippen molar-refractivity contribution < 1.29 is 9.90 Å². The number of nitrogens with two attached hydrogens (primary N) is 1. The fraction of sp³-hybridized carbons (Fsp3) is 0.750. The minimum Gasteiger partial charge on any atom is -0.480 e. The average molecular weight is 135 g/mol. The predicted octanol–water partition coefficient (Wildman–Crippen LogP) is -0.293. The Labute approximate surface area is 50.0 Å². The van der Waals surface area contributed by atoms with Gasteiger partial charge in [0.25, 0.3) is 0 Å². The highest BCUT2D eigenvalue weighted by Crippen LogP contribution is 2.01. The lowest BCUT2D eigenvalue weighted by molar-refractivity contribution is -0.137. The lowest BCUT2D eigenvalue weighted by atomic mass is 10.4. The quantitative estimate of drug-likeness (QED) is 0.522. The number of carboxylic acid groups (broad SMARTS) is 1. The molecule has 0 heterocycles. The molecule has 0 aliphatic heterocycles. The van der Waals surface area contributed by atoms with Crippen LogP contribution >= 0.6 is 8.58 Å². The maximum absolute atomic E-state index is 9.97. The zero-order valence-corrected chi connectivity index (χ0v) is 5.72. The topological polar surface area (TPSA) is 63.3 Å². The van der Waals surface area contributed by atoms with E-state index < -0.39 is 12.0 Å². The van der Waals surface area contributed by atoms with E-state index in [9.17, 15) is 4.79 Å². The summed E-state index contributed by atoms with van der Waals surface area (Å²) in [5, 5.41) is 8.19. The van der Waals surface area contributed by atoms with Gasteiger partial charge >= 0.3 is 5.97 Å². The van der Waals surface area contributed by atoms with Crippen molar-refractivity contribution in [2.24, 2.45) is 5.73 Å². The van der Waals surface area contributed by atoms with Crippen molar-refractivity contribution in [2.75, 3.05) is 12.8 Å². The summed E-state index contributed by atoms with van der Waals surface area (Å²) in [4.78, 5) is 9.97. The molecule has 0 aliphatic carbocycles. The predicted molar refractivity (Wildman–Crippen MR) is 34.7 cm³/mol. The van der Waals surface area contributed by atoms with Gasteiger partial charge < -0.3 is 10.8 Å². The number of carbonyl (C=O) groups is 1. The maximum Gasteiger partial charge on any atom is 0.320 e. The van der Waals surface area contributed by atoms with Crippen molar-refractivity contribution >= 4 is 14.6 Å². The van der Waals surface area contributed by atoms with Gasteiger partial charge in [0.15, 0.2) is 0 Å². The Morgan fingerprint density at radius 3 is 2.62 bits per heavy atom. The molecule has 0 spiro atoms. The fourth-order valence-corrected chi connectivity index (χ4v) is 0.922. The third-order valence-corrected chi connectivity index (χ3v) is 1.59. The first-order valence-corrected chi connectivity index (χ1v) is 4.02. The lowest BCUT2D eigenvalue weighted by Crippen LogP contribution is -2.31. The molecule has 0 amide bonds. The molecule has 0 bridgehead atoms. The summed E-state index contributed by atoms with van der Waals surface area (Å²) in [6, 6.07) is -0.654. The van der Waals surface area contributed by atoms with Crippen LogP contribution in [0.5, 0.6) is 0 Å². The molecule has 3 N–H and O–H groups in total. The Hall–Kier alpha value is -0.140. The molecular weight excluding hydrogens is 125 g/mol. The van der Waals surface area contributed by atoms with E-state index in [-0.39, 0.29) is 0 Å². The van der Waals surface area contributed by atoms with Gasteiger partial charge in [-0.05, 0) is 12.8 Å². The normalized spacial score (nSPS) is 14.8. The molecule has 0 aromatic carbocycles. The van der Waals surface area contributed by atoms with Crippen LogP contribution in [0, 0.1) is 0 Å². The Morgan fingerprint density at radius 2 is 2.50 bits per heavy atom. The van der Waals surface area contributed by atoms with Crippen molar-refractivity contribution in [3.63, 3.8) is 0 Å². The van der Waals surface area contributed by atoms with Gasteiger partial charge in [0.2, 0.25) is 0 Å². The second-order valence-electron chi connectivity index (χ2n) is 1.50. The van der Waals surface area contributed by atoms with E-state index in [1.807, 2.05) is 6.66 Å². The minimum atomic E-state index is -0.903. The number of hydrogen-bond acceptors (Lipinski definition) is 2. The van der Waals surface area contributed by atoms with Gasteiger partial charge in [-0.3, -0.25) is 4.79 Å². The van der Waals surface area contributed by atoms with E-state index in [0.29, 0.717) is 14.7 Å². The summed E-state index contributed by atoms with van der Waals surface area (Å²) in [7, 11) is 0.625. The van der Waals surface area contributed by atoms with Gasteiger partial charge in [0.1, 0.15) is 6.04 Å². The Morgan fingerprint density at radius 1 is 2.00 bits per heavy atom. The van der Waals surface area contributed by atoms with Crippen molar-refractivity contribution in [2.45, 2.75) is 6.04 Å². The van der Waals surface area contributed by atoms with E-state index in [0.717, 1.165) is 0 Å². The van der Waals surface area contributed by atoms with Gasteiger partial charge in [-0.15, -0.1) is 8.58 Å². The number of carboxylic acids is 1. The molecule has 2 atom stereocenters. The second-order valence-corrected chi connectivity index (χ2v) is 2.62. The summed E-state index contributed by atoms with van der Waals surface area (Å²) in [6.07, 6.45) is 0.593. The average Bonchev–Trinajstić information content (AvgIpc) is 1.67. The maximum atomic E-state index is 9.97. The van der Waals surface area contributed by atoms with E-state index >= 15 is 0 Å². The van der Waals surface area contributed by atoms with Gasteiger partial charge in [0, 0.05) is 0 Å². The molecule has 48 valence electrons. The first-order chi connectivity index (χ1) is 3.68. The third-order valence-electron chi connectivity index (χ3n) is 0.741. The van der Waals surface area contributed by atoms with Crippen LogP contribution in [0.1, 0.15) is 0 Å². The molecule has 2 unspecified atom stereocenters. The zero-order valence-electron chi connectivity index (χ0n) is 4.72. The molecule has 0 saturated carbocycles. The molecule has 0 aliphatic rings.